The number of hydrogen-bond acceptors (Lipinski definition) is 13. The molecular formula is C31H4F5N13. The van der Waals surface area contributed by atoms with Crippen molar-refractivity contribution in [3.63, 3.8) is 0 Å². The Bertz CT molecular complexity index is 2640. The molecule has 18 heteroatoms. The first-order chi connectivity index (χ1) is 23.6. The van der Waals surface area contributed by atoms with Crippen LogP contribution in [0.15, 0.2) is 67.0 Å². The van der Waals surface area contributed by atoms with Gasteiger partial charge in [0.05, 0.1) is 27.4 Å². The number of nitriles is 6. The summed E-state index contributed by atoms with van der Waals surface area (Å²) in [5.41, 5.74) is -3.62. The molecule has 3 aromatic carbocycles. The van der Waals surface area contributed by atoms with Gasteiger partial charge in [0.25, 0.3) is 0 Å². The first-order valence-electron chi connectivity index (χ1n) is 13.0. The summed E-state index contributed by atoms with van der Waals surface area (Å²) in [5.74, 6) is -14.5. The highest BCUT2D eigenvalue weighted by Gasteiger charge is 2.30. The lowest BCUT2D eigenvalue weighted by Gasteiger charge is -2.12. The second-order valence-electron chi connectivity index (χ2n) is 9.48. The van der Waals surface area contributed by atoms with E-state index in [2.05, 4.69) is 34.9 Å². The summed E-state index contributed by atoms with van der Waals surface area (Å²) in [6.07, 6.45) is 0. The van der Waals surface area contributed by atoms with Gasteiger partial charge >= 0.3 is 0 Å². The van der Waals surface area contributed by atoms with Crippen LogP contribution in [0.25, 0.3) is 34.2 Å². The molecule has 0 amide bonds. The van der Waals surface area contributed by atoms with E-state index in [1.807, 2.05) is 12.1 Å². The van der Waals surface area contributed by atoms with Gasteiger partial charge in [-0.1, -0.05) is 0 Å². The minimum atomic E-state index is -2.45. The van der Waals surface area contributed by atoms with Crippen molar-refractivity contribution < 1.29 is 22.0 Å². The Morgan fingerprint density at radius 3 is 1.20 bits per heavy atom. The smallest absolute Gasteiger partial charge is 0.200 e. The van der Waals surface area contributed by atoms with Gasteiger partial charge in [0.2, 0.25) is 5.82 Å². The molecule has 49 heavy (non-hydrogen) atoms. The zero-order valence-electron chi connectivity index (χ0n) is 23.5. The number of rotatable bonds is 3. The molecule has 4 aromatic rings. The molecule has 0 fully saturated rings. The lowest BCUT2D eigenvalue weighted by Crippen LogP contribution is -2.26. The molecule has 13 nitrogen and oxygen atoms in total. The third-order valence-corrected chi connectivity index (χ3v) is 6.87. The van der Waals surface area contributed by atoms with E-state index < -0.39 is 63.3 Å². The topological polar surface area (TPSA) is 231 Å². The van der Waals surface area contributed by atoms with Crippen molar-refractivity contribution in [3.8, 4) is 70.6 Å². The van der Waals surface area contributed by atoms with Crippen LogP contribution in [0.3, 0.4) is 0 Å². The first-order valence-corrected chi connectivity index (χ1v) is 13.0. The predicted molar refractivity (Wildman–Crippen MR) is 146 cm³/mol. The number of hydrogen-bond donors (Lipinski definition) is 0. The molecule has 2 aliphatic rings. The van der Waals surface area contributed by atoms with Crippen LogP contribution in [-0.4, -0.2) is 15.0 Å². The van der Waals surface area contributed by atoms with Crippen LogP contribution in [0.5, 0.6) is 0 Å². The molecule has 3 heterocycles. The average molecular weight is 653 g/mol. The first kappa shape index (κ1) is 30.9. The number of nitrogens with zero attached hydrogens (tertiary/aromatic N) is 13. The largest absolute Gasteiger partial charge is 0.225 e. The molecule has 0 spiro atoms. The molecule has 0 atom stereocenters. The maximum atomic E-state index is 15.1. The Kier molecular flexibility index (Phi) is 7.39. The van der Waals surface area contributed by atoms with E-state index in [1.54, 1.807) is 24.3 Å². The van der Waals surface area contributed by atoms with E-state index in [1.165, 1.54) is 24.3 Å². The second-order valence-corrected chi connectivity index (χ2v) is 9.48. The van der Waals surface area contributed by atoms with Gasteiger partial charge in [0, 0.05) is 11.1 Å². The summed E-state index contributed by atoms with van der Waals surface area (Å²) in [4.78, 5) is 28.4. The summed E-state index contributed by atoms with van der Waals surface area (Å²) in [5, 5.41) is 56.9. The van der Waals surface area contributed by atoms with E-state index in [4.69, 9.17) is 0 Å². The van der Waals surface area contributed by atoms with Gasteiger partial charge in [-0.25, -0.2) is 56.9 Å². The average Bonchev–Trinajstić information content (AvgIpc) is 3.75. The van der Waals surface area contributed by atoms with Crippen molar-refractivity contribution in [2.75, 3.05) is 0 Å². The van der Waals surface area contributed by atoms with Gasteiger partial charge in [-0.15, -0.1) is 0 Å². The Balaban J connectivity index is 1.72. The van der Waals surface area contributed by atoms with E-state index in [0.29, 0.717) is 0 Å². The fraction of sp³-hybridized carbons (Fsp3) is 0. The van der Waals surface area contributed by atoms with Crippen LogP contribution in [-0.2, 0) is 0 Å². The van der Waals surface area contributed by atoms with Crippen molar-refractivity contribution in [2.24, 2.45) is 20.0 Å². The maximum Gasteiger partial charge on any atom is 0.200 e. The molecule has 0 saturated carbocycles. The lowest BCUT2D eigenvalue weighted by molar-refractivity contribution is 0.381. The zero-order valence-corrected chi connectivity index (χ0v) is 23.5. The van der Waals surface area contributed by atoms with Crippen molar-refractivity contribution in [1.29, 1.82) is 31.6 Å². The third kappa shape index (κ3) is 4.76. The van der Waals surface area contributed by atoms with Crippen LogP contribution in [0.4, 0.5) is 22.0 Å². The molecule has 0 radical (unpaired) electrons. The maximum absolute atomic E-state index is 15.1. The molecule has 228 valence electrons. The quantitative estimate of drug-likeness (QED) is 0.136. The molecule has 6 rings (SSSR count). The van der Waals surface area contributed by atoms with Gasteiger partial charge in [-0.3, -0.25) is 0 Å². The Morgan fingerprint density at radius 2 is 0.837 bits per heavy atom. The summed E-state index contributed by atoms with van der Waals surface area (Å²) < 4.78 is 72.8. The Labute approximate surface area is 267 Å². The van der Waals surface area contributed by atoms with Crippen molar-refractivity contribution in [3.05, 3.63) is 109 Å². The van der Waals surface area contributed by atoms with Crippen LogP contribution < -0.4 is 21.4 Å². The molecule has 0 unspecified atom stereocenters. The Hall–Kier alpha value is -8.06. The van der Waals surface area contributed by atoms with E-state index in [0.717, 1.165) is 0 Å². The summed E-state index contributed by atoms with van der Waals surface area (Å²) in [7, 11) is 0. The number of allylic oxidation sites excluding steroid dienone is 2. The minimum Gasteiger partial charge on any atom is -0.225 e. The van der Waals surface area contributed by atoms with Crippen LogP contribution in [0.2, 0.25) is 0 Å². The minimum absolute atomic E-state index is 0.0429. The Morgan fingerprint density at radius 1 is 0.469 bits per heavy atom. The number of fused-ring (bicyclic) bond motifs is 2. The van der Waals surface area contributed by atoms with Gasteiger partial charge in [0.15, 0.2) is 63.5 Å². The van der Waals surface area contributed by atoms with Crippen molar-refractivity contribution in [2.45, 2.75) is 0 Å². The number of benzene rings is 3. The third-order valence-electron chi connectivity index (χ3n) is 6.87. The predicted octanol–water partition coefficient (Wildman–Crippen LogP) is 2.33. The van der Waals surface area contributed by atoms with Gasteiger partial charge in [0.1, 0.15) is 47.1 Å². The molecular weight excluding hydrogens is 649 g/mol. The lowest BCUT2D eigenvalue weighted by atomic mass is 10.0. The van der Waals surface area contributed by atoms with Gasteiger partial charge in [-0.05, 0) is 24.3 Å². The van der Waals surface area contributed by atoms with Gasteiger partial charge < -0.3 is 0 Å². The molecule has 0 N–H and O–H groups in total. The van der Waals surface area contributed by atoms with E-state index >= 15 is 8.78 Å². The fourth-order valence-electron chi connectivity index (χ4n) is 4.66. The van der Waals surface area contributed by atoms with Crippen LogP contribution >= 0.6 is 0 Å². The highest BCUT2D eigenvalue weighted by atomic mass is 19.2. The highest BCUT2D eigenvalue weighted by Crippen LogP contribution is 2.32. The molecule has 0 bridgehead atoms. The summed E-state index contributed by atoms with van der Waals surface area (Å²) in [6.45, 7) is 0. The number of aromatic nitrogens is 3. The van der Waals surface area contributed by atoms with Crippen LogP contribution in [0, 0.1) is 97.1 Å². The van der Waals surface area contributed by atoms with Crippen LogP contribution in [0.1, 0.15) is 11.1 Å². The fourth-order valence-corrected chi connectivity index (χ4v) is 4.66. The SMILES string of the molecule is N#CC(C#N)=C1N=c2ccc(-c3nc(-c4ccc5c(c4C#N)=NC(=C(C#N)C#N)N=5)nc(-c4c(F)c(F)c(F)c(F)c4F)n3)c(C#N)c2=N1. The molecule has 1 aromatic heterocycles. The van der Waals surface area contributed by atoms with E-state index in [9.17, 15) is 44.7 Å². The van der Waals surface area contributed by atoms with E-state index in [-0.39, 0.29) is 55.3 Å². The summed E-state index contributed by atoms with van der Waals surface area (Å²) in [6, 6.07) is 15.1. The zero-order chi connectivity index (χ0) is 35.1. The molecule has 2 aliphatic heterocycles. The summed E-state index contributed by atoms with van der Waals surface area (Å²) >= 11 is 0. The van der Waals surface area contributed by atoms with Crippen molar-refractivity contribution in [1.82, 2.24) is 15.0 Å². The van der Waals surface area contributed by atoms with Crippen molar-refractivity contribution >= 4 is 0 Å². The highest BCUT2D eigenvalue weighted by molar-refractivity contribution is 5.72. The normalized spacial score (nSPS) is 11.8. The molecule has 0 saturated heterocycles. The monoisotopic (exact) mass is 653 g/mol. The standard InChI is InChI=1S/C31H4F5N13/c32-20-19(21(33)23(35)24(36)22(20)34)31-48-29(13-1-3-17-25(15(13)9-41)45-27(43-17)11(5-37)6-38)47-30(49-31)14-2-4-18-26(16(14)10-42)46-28(44-18)12(7-39)8-40/h1-4H. The molecule has 0 aliphatic carbocycles. The second kappa shape index (κ2) is 11.7. The number of halogens is 5. The van der Waals surface area contributed by atoms with Gasteiger partial charge in [-0.2, -0.15) is 31.6 Å².